The van der Waals surface area contributed by atoms with Crippen LogP contribution in [0.25, 0.3) is 11.3 Å². The Bertz CT molecular complexity index is 1320. The molecule has 1 aliphatic heterocycles. The first-order valence-corrected chi connectivity index (χ1v) is 11.2. The lowest BCUT2D eigenvalue weighted by Crippen LogP contribution is -2.37. The summed E-state index contributed by atoms with van der Waals surface area (Å²) in [6, 6.07) is 8.72. The highest BCUT2D eigenvalue weighted by atomic mass is 35.5. The van der Waals surface area contributed by atoms with Crippen molar-refractivity contribution in [2.24, 2.45) is 7.05 Å². The molecular weight excluding hydrogens is 472 g/mol. The van der Waals surface area contributed by atoms with Gasteiger partial charge in [-0.25, -0.2) is 9.78 Å². The van der Waals surface area contributed by atoms with Crippen LogP contribution in [0.4, 0.5) is 17.5 Å². The van der Waals surface area contributed by atoms with E-state index in [1.165, 1.54) is 0 Å². The number of nitrogens with zero attached hydrogens (tertiary/aromatic N) is 7. The van der Waals surface area contributed by atoms with Gasteiger partial charge >= 0.3 is 5.97 Å². The van der Waals surface area contributed by atoms with Gasteiger partial charge in [0.1, 0.15) is 10.7 Å². The van der Waals surface area contributed by atoms with E-state index in [0.717, 1.165) is 16.9 Å². The number of hydrogen-bond donors (Lipinski definition) is 1. The quantitative estimate of drug-likeness (QED) is 0.402. The lowest BCUT2D eigenvalue weighted by Gasteiger charge is -2.27. The minimum atomic E-state index is -0.694. The summed E-state index contributed by atoms with van der Waals surface area (Å²) in [4.78, 5) is 32.1. The summed E-state index contributed by atoms with van der Waals surface area (Å²) in [7, 11) is 1.83. The number of aryl methyl sites for hydroxylation is 1. The van der Waals surface area contributed by atoms with E-state index in [1.54, 1.807) is 47.5 Å². The van der Waals surface area contributed by atoms with Crippen molar-refractivity contribution in [2.75, 3.05) is 36.5 Å². The van der Waals surface area contributed by atoms with E-state index < -0.39 is 5.97 Å². The van der Waals surface area contributed by atoms with Gasteiger partial charge in [0.05, 0.1) is 18.9 Å². The van der Waals surface area contributed by atoms with Gasteiger partial charge < -0.3 is 19.7 Å². The predicted octanol–water partition coefficient (Wildman–Crippen LogP) is 3.12. The molecule has 4 aromatic rings. The number of anilines is 3. The molecule has 0 atom stereocenters. The summed E-state index contributed by atoms with van der Waals surface area (Å²) in [6.07, 6.45) is 6.68. The van der Waals surface area contributed by atoms with Crippen molar-refractivity contribution < 1.29 is 14.3 Å². The van der Waals surface area contributed by atoms with Crippen LogP contribution in [0.5, 0.6) is 5.88 Å². The monoisotopic (exact) mass is 492 g/mol. The molecule has 5 heterocycles. The number of rotatable bonds is 6. The highest BCUT2D eigenvalue weighted by Crippen LogP contribution is 2.34. The molecule has 11 nitrogen and oxygen atoms in total. The molecule has 1 N–H and O–H groups in total. The molecule has 0 saturated carbocycles. The summed E-state index contributed by atoms with van der Waals surface area (Å²) in [5.74, 6) is -0.0904. The maximum Gasteiger partial charge on any atom is 0.363 e. The molecule has 1 aliphatic rings. The molecule has 1 fully saturated rings. The van der Waals surface area contributed by atoms with Crippen molar-refractivity contribution in [3.63, 3.8) is 0 Å². The van der Waals surface area contributed by atoms with Crippen molar-refractivity contribution in [3.05, 3.63) is 65.8 Å². The van der Waals surface area contributed by atoms with Crippen LogP contribution in [0, 0.1) is 0 Å². The summed E-state index contributed by atoms with van der Waals surface area (Å²) >= 11 is 6.55. The van der Waals surface area contributed by atoms with Crippen LogP contribution in [0.1, 0.15) is 10.5 Å². The first kappa shape index (κ1) is 22.7. The van der Waals surface area contributed by atoms with Gasteiger partial charge in [0, 0.05) is 56.2 Å². The smallest absolute Gasteiger partial charge is 0.363 e. The maximum atomic E-state index is 12.9. The molecule has 1 saturated heterocycles. The third kappa shape index (κ3) is 5.20. The summed E-state index contributed by atoms with van der Waals surface area (Å²) in [6.45, 7) is 2.28. The Morgan fingerprint density at radius 1 is 1.11 bits per heavy atom. The number of aromatic nitrogens is 6. The number of ether oxygens (including phenoxy) is 2. The van der Waals surface area contributed by atoms with Crippen molar-refractivity contribution in [3.8, 4) is 17.1 Å². The van der Waals surface area contributed by atoms with Gasteiger partial charge in [0.15, 0.2) is 5.82 Å². The van der Waals surface area contributed by atoms with E-state index in [9.17, 15) is 4.79 Å². The number of pyridine rings is 2. The van der Waals surface area contributed by atoms with Gasteiger partial charge in [-0.1, -0.05) is 11.6 Å². The van der Waals surface area contributed by atoms with Crippen molar-refractivity contribution in [2.45, 2.75) is 0 Å². The Balaban J connectivity index is 1.42. The average molecular weight is 493 g/mol. The largest absolute Gasteiger partial charge is 0.401 e. The van der Waals surface area contributed by atoms with Crippen LogP contribution in [0.2, 0.25) is 5.02 Å². The van der Waals surface area contributed by atoms with E-state index in [2.05, 4.69) is 30.4 Å². The minimum absolute atomic E-state index is 0.0669. The van der Waals surface area contributed by atoms with Gasteiger partial charge in [0.25, 0.3) is 0 Å². The third-order valence-electron chi connectivity index (χ3n) is 5.22. The highest BCUT2D eigenvalue weighted by Gasteiger charge is 2.23. The van der Waals surface area contributed by atoms with E-state index in [1.807, 2.05) is 24.2 Å². The number of hydrogen-bond acceptors (Lipinski definition) is 10. The predicted molar refractivity (Wildman–Crippen MR) is 129 cm³/mol. The third-order valence-corrected chi connectivity index (χ3v) is 5.56. The van der Waals surface area contributed by atoms with E-state index in [4.69, 9.17) is 21.1 Å². The van der Waals surface area contributed by atoms with E-state index >= 15 is 0 Å². The second-order valence-corrected chi connectivity index (χ2v) is 8.03. The highest BCUT2D eigenvalue weighted by molar-refractivity contribution is 6.34. The summed E-state index contributed by atoms with van der Waals surface area (Å²) in [5.41, 5.74) is 2.36. The Labute approximate surface area is 205 Å². The SMILES string of the molecule is Cn1ccc(-c2ccc(C(=O)Oc3nc(N4CCOCC4)nc(Nc4ccncc4)c3Cl)nc2)n1. The lowest BCUT2D eigenvalue weighted by atomic mass is 10.2. The number of carbonyl (C=O) groups is 1. The number of halogens is 1. The lowest BCUT2D eigenvalue weighted by molar-refractivity contribution is 0.0721. The fourth-order valence-corrected chi connectivity index (χ4v) is 3.59. The molecule has 4 aromatic heterocycles. The molecule has 0 aliphatic carbocycles. The van der Waals surface area contributed by atoms with Gasteiger partial charge in [-0.3, -0.25) is 9.67 Å². The molecule has 0 bridgehead atoms. The standard InChI is InChI=1S/C23H21ClN8O3/c1-31-9-6-17(30-31)15-2-3-18(26-14-15)22(33)35-21-19(24)20(27-16-4-7-25-8-5-16)28-23(29-21)32-10-12-34-13-11-32/h2-9,14H,10-13H2,1H3,(H,25,27,28,29). The number of morpholine rings is 1. The number of esters is 1. The van der Waals surface area contributed by atoms with Gasteiger partial charge in [-0.15, -0.1) is 0 Å². The minimum Gasteiger partial charge on any atom is -0.401 e. The zero-order valence-corrected chi connectivity index (χ0v) is 19.5. The Hall–Kier alpha value is -4.09. The van der Waals surface area contributed by atoms with Crippen LogP contribution in [0.15, 0.2) is 55.1 Å². The Morgan fingerprint density at radius 2 is 1.91 bits per heavy atom. The fourth-order valence-electron chi connectivity index (χ4n) is 3.42. The topological polar surface area (TPSA) is 120 Å². The van der Waals surface area contributed by atoms with Gasteiger partial charge in [0.2, 0.25) is 11.8 Å². The number of carbonyl (C=O) groups excluding carboxylic acids is 1. The molecule has 178 valence electrons. The van der Waals surface area contributed by atoms with Crippen molar-refractivity contribution in [1.82, 2.24) is 29.7 Å². The zero-order chi connectivity index (χ0) is 24.2. The fraction of sp³-hybridized carbons (Fsp3) is 0.217. The van der Waals surface area contributed by atoms with Crippen LogP contribution in [-0.2, 0) is 11.8 Å². The van der Waals surface area contributed by atoms with Crippen molar-refractivity contribution >= 4 is 35.0 Å². The Kier molecular flexibility index (Phi) is 6.51. The van der Waals surface area contributed by atoms with Crippen LogP contribution in [-0.4, -0.2) is 62.0 Å². The van der Waals surface area contributed by atoms with Crippen molar-refractivity contribution in [1.29, 1.82) is 0 Å². The van der Waals surface area contributed by atoms with Crippen LogP contribution in [0.3, 0.4) is 0 Å². The molecule has 0 amide bonds. The van der Waals surface area contributed by atoms with Gasteiger partial charge in [-0.05, 0) is 30.3 Å². The van der Waals surface area contributed by atoms with Gasteiger partial charge in [-0.2, -0.15) is 15.1 Å². The molecular formula is C23H21ClN8O3. The first-order valence-electron chi connectivity index (χ1n) is 10.8. The molecule has 0 spiro atoms. The average Bonchev–Trinajstić information content (AvgIpc) is 3.33. The first-order chi connectivity index (χ1) is 17.1. The molecule has 5 rings (SSSR count). The molecule has 0 radical (unpaired) electrons. The van der Waals surface area contributed by atoms with Crippen LogP contribution < -0.4 is 15.0 Å². The molecule has 35 heavy (non-hydrogen) atoms. The molecule has 0 aromatic carbocycles. The van der Waals surface area contributed by atoms with E-state index in [0.29, 0.717) is 38.1 Å². The number of nitrogens with one attached hydrogen (secondary N) is 1. The second kappa shape index (κ2) is 10.0. The zero-order valence-electron chi connectivity index (χ0n) is 18.8. The normalized spacial score (nSPS) is 13.5. The summed E-state index contributed by atoms with van der Waals surface area (Å²) < 4.78 is 12.7. The maximum absolute atomic E-state index is 12.9. The van der Waals surface area contributed by atoms with E-state index in [-0.39, 0.29) is 16.6 Å². The second-order valence-electron chi connectivity index (χ2n) is 7.65. The Morgan fingerprint density at radius 3 is 2.60 bits per heavy atom. The molecule has 0 unspecified atom stereocenters. The van der Waals surface area contributed by atoms with Crippen LogP contribution >= 0.6 is 11.6 Å². The molecule has 12 heteroatoms. The summed E-state index contributed by atoms with van der Waals surface area (Å²) in [5, 5.41) is 7.54.